The molecule has 0 saturated heterocycles. The number of carbonyl (C=O) groups excluding carboxylic acids is 1. The number of rotatable bonds is 2. The summed E-state index contributed by atoms with van der Waals surface area (Å²) in [5.74, 6) is 7.31. The van der Waals surface area contributed by atoms with E-state index in [0.717, 1.165) is 23.5 Å². The molecule has 1 amide bonds. The van der Waals surface area contributed by atoms with E-state index in [1.54, 1.807) is 12.1 Å². The molecule has 5 heteroatoms. The lowest BCUT2D eigenvalue weighted by Gasteiger charge is -2.19. The van der Waals surface area contributed by atoms with Crippen LogP contribution in [0, 0.1) is 17.8 Å². The molecule has 0 spiro atoms. The molecule has 1 aliphatic heterocycles. The van der Waals surface area contributed by atoms with Gasteiger partial charge in [-0.15, -0.1) is 0 Å². The molecule has 0 radical (unpaired) electrons. The number of benzene rings is 2. The molecule has 1 fully saturated rings. The molecular weight excluding hydrogens is 336 g/mol. The van der Waals surface area contributed by atoms with Crippen molar-refractivity contribution in [2.24, 2.45) is 5.92 Å². The van der Waals surface area contributed by atoms with Crippen LogP contribution in [0.25, 0.3) is 0 Å². The van der Waals surface area contributed by atoms with Gasteiger partial charge in [-0.1, -0.05) is 23.4 Å². The average Bonchev–Trinajstić information content (AvgIpc) is 3.44. The van der Waals surface area contributed by atoms with Crippen LogP contribution >= 0.6 is 11.6 Å². The molecule has 4 rings (SSSR count). The summed E-state index contributed by atoms with van der Waals surface area (Å²) in [5.41, 5.74) is 2.86. The SMILES string of the molecule is O=C(Nc1ccc2c(c1)OCCN2)c1ccc(C#CC2CC2)cc1Cl. The Labute approximate surface area is 151 Å². The van der Waals surface area contributed by atoms with Crippen LogP contribution in [0.15, 0.2) is 36.4 Å². The summed E-state index contributed by atoms with van der Waals surface area (Å²) >= 11 is 6.27. The Bertz CT molecular complexity index is 894. The van der Waals surface area contributed by atoms with Crippen molar-refractivity contribution in [3.63, 3.8) is 0 Å². The average molecular weight is 353 g/mol. The zero-order chi connectivity index (χ0) is 17.2. The highest BCUT2D eigenvalue weighted by molar-refractivity contribution is 6.34. The molecule has 0 atom stereocenters. The van der Waals surface area contributed by atoms with E-state index in [9.17, 15) is 4.79 Å². The molecule has 2 N–H and O–H groups in total. The molecule has 25 heavy (non-hydrogen) atoms. The highest BCUT2D eigenvalue weighted by atomic mass is 35.5. The Morgan fingerprint density at radius 3 is 2.92 bits per heavy atom. The van der Waals surface area contributed by atoms with Crippen molar-refractivity contribution in [1.29, 1.82) is 0 Å². The lowest BCUT2D eigenvalue weighted by atomic mass is 10.1. The van der Waals surface area contributed by atoms with Gasteiger partial charge in [-0.25, -0.2) is 0 Å². The molecule has 4 nitrogen and oxygen atoms in total. The van der Waals surface area contributed by atoms with Gasteiger partial charge in [0.15, 0.2) is 0 Å². The number of fused-ring (bicyclic) bond motifs is 1. The van der Waals surface area contributed by atoms with Crippen LogP contribution in [0.3, 0.4) is 0 Å². The maximum atomic E-state index is 12.5. The predicted molar refractivity (Wildman–Crippen MR) is 99.4 cm³/mol. The van der Waals surface area contributed by atoms with Gasteiger partial charge >= 0.3 is 0 Å². The number of nitrogens with one attached hydrogen (secondary N) is 2. The summed E-state index contributed by atoms with van der Waals surface area (Å²) in [4.78, 5) is 12.5. The van der Waals surface area contributed by atoms with Crippen molar-refractivity contribution < 1.29 is 9.53 Å². The lowest BCUT2D eigenvalue weighted by Crippen LogP contribution is -2.18. The molecule has 0 aromatic heterocycles. The Morgan fingerprint density at radius 2 is 2.12 bits per heavy atom. The number of hydrogen-bond donors (Lipinski definition) is 2. The van der Waals surface area contributed by atoms with Crippen LogP contribution in [0.2, 0.25) is 5.02 Å². The molecular formula is C20H17ClN2O2. The largest absolute Gasteiger partial charge is 0.490 e. The van der Waals surface area contributed by atoms with Crippen molar-refractivity contribution in [1.82, 2.24) is 0 Å². The second-order valence-corrected chi connectivity index (χ2v) is 6.59. The maximum absolute atomic E-state index is 12.5. The minimum atomic E-state index is -0.254. The Hall–Kier alpha value is -2.64. The minimum Gasteiger partial charge on any atom is -0.490 e. The summed E-state index contributed by atoms with van der Waals surface area (Å²) in [7, 11) is 0. The summed E-state index contributed by atoms with van der Waals surface area (Å²) in [6.07, 6.45) is 2.36. The van der Waals surface area contributed by atoms with Crippen LogP contribution in [-0.2, 0) is 0 Å². The van der Waals surface area contributed by atoms with E-state index in [1.165, 1.54) is 12.8 Å². The third-order valence-corrected chi connectivity index (χ3v) is 4.44. The van der Waals surface area contributed by atoms with Gasteiger partial charge in [0.2, 0.25) is 0 Å². The quantitative estimate of drug-likeness (QED) is 0.798. The van der Waals surface area contributed by atoms with E-state index in [2.05, 4.69) is 22.5 Å². The fraction of sp³-hybridized carbons (Fsp3) is 0.250. The molecule has 2 aliphatic rings. The van der Waals surface area contributed by atoms with Gasteiger partial charge in [-0.05, 0) is 43.2 Å². The minimum absolute atomic E-state index is 0.254. The van der Waals surface area contributed by atoms with Crippen LogP contribution in [0.5, 0.6) is 5.75 Å². The number of anilines is 2. The summed E-state index contributed by atoms with van der Waals surface area (Å²) in [6.45, 7) is 1.39. The second-order valence-electron chi connectivity index (χ2n) is 6.18. The van der Waals surface area contributed by atoms with Gasteiger partial charge < -0.3 is 15.4 Å². The summed E-state index contributed by atoms with van der Waals surface area (Å²) < 4.78 is 5.59. The Kier molecular flexibility index (Phi) is 4.25. The van der Waals surface area contributed by atoms with E-state index in [-0.39, 0.29) is 5.91 Å². The summed E-state index contributed by atoms with van der Waals surface area (Å²) in [5, 5.41) is 6.50. The van der Waals surface area contributed by atoms with Gasteiger partial charge in [-0.3, -0.25) is 4.79 Å². The number of halogens is 1. The van der Waals surface area contributed by atoms with Crippen LogP contribution in [0.4, 0.5) is 11.4 Å². The monoisotopic (exact) mass is 352 g/mol. The molecule has 1 heterocycles. The Balaban J connectivity index is 1.50. The maximum Gasteiger partial charge on any atom is 0.257 e. The van der Waals surface area contributed by atoms with Crippen molar-refractivity contribution in [2.45, 2.75) is 12.8 Å². The van der Waals surface area contributed by atoms with Crippen LogP contribution in [0.1, 0.15) is 28.8 Å². The van der Waals surface area contributed by atoms with Gasteiger partial charge in [0.1, 0.15) is 12.4 Å². The van der Waals surface area contributed by atoms with Gasteiger partial charge in [0.05, 0.1) is 16.3 Å². The zero-order valence-electron chi connectivity index (χ0n) is 13.6. The van der Waals surface area contributed by atoms with Crippen molar-refractivity contribution in [3.05, 3.63) is 52.5 Å². The highest BCUT2D eigenvalue weighted by Crippen LogP contribution is 2.31. The number of carbonyl (C=O) groups is 1. The smallest absolute Gasteiger partial charge is 0.257 e. The first kappa shape index (κ1) is 15.9. The van der Waals surface area contributed by atoms with Crippen molar-refractivity contribution in [3.8, 4) is 17.6 Å². The third-order valence-electron chi connectivity index (χ3n) is 4.13. The molecule has 2 aromatic rings. The van der Waals surface area contributed by atoms with E-state index in [4.69, 9.17) is 16.3 Å². The molecule has 126 valence electrons. The molecule has 2 aromatic carbocycles. The molecule has 0 bridgehead atoms. The van der Waals surface area contributed by atoms with Gasteiger partial charge in [-0.2, -0.15) is 0 Å². The summed E-state index contributed by atoms with van der Waals surface area (Å²) in [6, 6.07) is 10.8. The van der Waals surface area contributed by atoms with Crippen molar-refractivity contribution >= 4 is 28.9 Å². The third kappa shape index (κ3) is 3.72. The number of amides is 1. The topological polar surface area (TPSA) is 50.4 Å². The first-order valence-corrected chi connectivity index (χ1v) is 8.70. The first-order valence-electron chi connectivity index (χ1n) is 8.32. The predicted octanol–water partition coefficient (Wildman–Crippen LogP) is 4.16. The second kappa shape index (κ2) is 6.70. The first-order chi connectivity index (χ1) is 12.2. The molecule has 1 aliphatic carbocycles. The Morgan fingerprint density at radius 1 is 1.24 bits per heavy atom. The van der Waals surface area contributed by atoms with Crippen LogP contribution < -0.4 is 15.4 Å². The number of hydrogen-bond acceptors (Lipinski definition) is 3. The normalized spacial score (nSPS) is 15.1. The highest BCUT2D eigenvalue weighted by Gasteiger charge is 2.18. The molecule has 1 saturated carbocycles. The van der Waals surface area contributed by atoms with E-state index in [0.29, 0.717) is 28.8 Å². The van der Waals surface area contributed by atoms with E-state index < -0.39 is 0 Å². The zero-order valence-corrected chi connectivity index (χ0v) is 14.3. The van der Waals surface area contributed by atoms with Gasteiger partial charge in [0.25, 0.3) is 5.91 Å². The fourth-order valence-electron chi connectivity index (χ4n) is 2.60. The van der Waals surface area contributed by atoms with E-state index in [1.807, 2.05) is 24.3 Å². The van der Waals surface area contributed by atoms with Crippen LogP contribution in [-0.4, -0.2) is 19.1 Å². The lowest BCUT2D eigenvalue weighted by molar-refractivity contribution is 0.102. The van der Waals surface area contributed by atoms with Gasteiger partial charge in [0, 0.05) is 29.8 Å². The standard InChI is InChI=1S/C20H17ClN2O2/c21-17-11-14(4-3-13-1-2-13)5-7-16(17)20(24)23-15-6-8-18-19(12-15)25-10-9-22-18/h5-8,11-13,22H,1-2,9-10H2,(H,23,24). The fourth-order valence-corrected chi connectivity index (χ4v) is 2.87. The molecule has 0 unspecified atom stereocenters. The van der Waals surface area contributed by atoms with Crippen molar-refractivity contribution in [2.75, 3.05) is 23.8 Å². The van der Waals surface area contributed by atoms with E-state index >= 15 is 0 Å². The number of ether oxygens (including phenoxy) is 1.